The Labute approximate surface area is 107 Å². The molecule has 0 unspecified atom stereocenters. The average Bonchev–Trinajstić information content (AvgIpc) is 2.64. The first kappa shape index (κ1) is 11.5. The molecule has 0 spiro atoms. The summed E-state index contributed by atoms with van der Waals surface area (Å²) < 4.78 is 0. The summed E-state index contributed by atoms with van der Waals surface area (Å²) in [6.45, 7) is 4.35. The number of hydrogen-bond donors (Lipinski definition) is 2. The molecule has 0 amide bonds. The highest BCUT2D eigenvalue weighted by Gasteiger charge is 2.29. The summed E-state index contributed by atoms with van der Waals surface area (Å²) in [5.41, 5.74) is 2.92. The van der Waals surface area contributed by atoms with Crippen LogP contribution in [0.1, 0.15) is 25.0 Å². The van der Waals surface area contributed by atoms with E-state index in [-0.39, 0.29) is 5.41 Å². The summed E-state index contributed by atoms with van der Waals surface area (Å²) in [5.74, 6) is 0. The fourth-order valence-corrected chi connectivity index (χ4v) is 2.87. The van der Waals surface area contributed by atoms with Gasteiger partial charge in [-0.05, 0) is 27.4 Å². The SMILES string of the molecule is CC1(C)C=Cc2cc(B(O)O)c3ccccc3c21. The van der Waals surface area contributed by atoms with E-state index in [4.69, 9.17) is 0 Å². The van der Waals surface area contributed by atoms with E-state index >= 15 is 0 Å². The molecule has 0 saturated heterocycles. The molecule has 3 rings (SSSR count). The van der Waals surface area contributed by atoms with Crippen LogP contribution in [0.15, 0.2) is 36.4 Å². The molecule has 2 aromatic rings. The number of hydrogen-bond acceptors (Lipinski definition) is 2. The first-order valence-corrected chi connectivity index (χ1v) is 6.12. The minimum absolute atomic E-state index is 0.00608. The summed E-state index contributed by atoms with van der Waals surface area (Å²) in [4.78, 5) is 0. The lowest BCUT2D eigenvalue weighted by Gasteiger charge is -2.21. The molecule has 1 aliphatic carbocycles. The molecule has 90 valence electrons. The van der Waals surface area contributed by atoms with Crippen molar-refractivity contribution in [3.8, 4) is 0 Å². The van der Waals surface area contributed by atoms with Gasteiger partial charge in [-0.3, -0.25) is 0 Å². The Morgan fingerprint density at radius 2 is 1.72 bits per heavy atom. The predicted octanol–water partition coefficient (Wildman–Crippen LogP) is 1.82. The molecule has 0 fully saturated rings. The minimum Gasteiger partial charge on any atom is -0.423 e. The van der Waals surface area contributed by atoms with Crippen LogP contribution in [-0.2, 0) is 5.41 Å². The molecule has 0 radical (unpaired) electrons. The average molecular weight is 238 g/mol. The summed E-state index contributed by atoms with van der Waals surface area (Å²) >= 11 is 0. The summed E-state index contributed by atoms with van der Waals surface area (Å²) in [7, 11) is -1.43. The van der Waals surface area contributed by atoms with Crippen molar-refractivity contribution >= 4 is 29.4 Å². The number of fused-ring (bicyclic) bond motifs is 3. The van der Waals surface area contributed by atoms with Crippen molar-refractivity contribution in [2.24, 2.45) is 0 Å². The fourth-order valence-electron chi connectivity index (χ4n) is 2.87. The van der Waals surface area contributed by atoms with E-state index < -0.39 is 7.12 Å². The van der Waals surface area contributed by atoms with E-state index in [1.54, 1.807) is 0 Å². The second-order valence-electron chi connectivity index (χ2n) is 5.40. The van der Waals surface area contributed by atoms with Gasteiger partial charge in [0, 0.05) is 5.41 Å². The van der Waals surface area contributed by atoms with Crippen molar-refractivity contribution in [3.05, 3.63) is 47.5 Å². The standard InChI is InChI=1S/C15H15BO2/c1-15(2)8-7-10-9-13(16(17)18)11-5-3-4-6-12(11)14(10)15/h3-9,17-18H,1-2H3. The first-order chi connectivity index (χ1) is 8.50. The lowest BCUT2D eigenvalue weighted by atomic mass is 9.73. The van der Waals surface area contributed by atoms with Crippen LogP contribution in [0.5, 0.6) is 0 Å². The van der Waals surface area contributed by atoms with Gasteiger partial charge in [-0.25, -0.2) is 0 Å². The molecule has 1 aliphatic rings. The summed E-state index contributed by atoms with van der Waals surface area (Å²) in [5, 5.41) is 21.1. The molecule has 0 bridgehead atoms. The molecular formula is C15H15BO2. The molecular weight excluding hydrogens is 223 g/mol. The topological polar surface area (TPSA) is 40.5 Å². The number of rotatable bonds is 1. The quantitative estimate of drug-likeness (QED) is 0.744. The van der Waals surface area contributed by atoms with Gasteiger partial charge in [0.2, 0.25) is 0 Å². The highest BCUT2D eigenvalue weighted by molar-refractivity contribution is 6.62. The van der Waals surface area contributed by atoms with E-state index in [0.717, 1.165) is 16.3 Å². The van der Waals surface area contributed by atoms with Crippen molar-refractivity contribution in [1.82, 2.24) is 0 Å². The normalized spacial score (nSPS) is 16.0. The van der Waals surface area contributed by atoms with Gasteiger partial charge in [0.25, 0.3) is 0 Å². The van der Waals surface area contributed by atoms with Gasteiger partial charge >= 0.3 is 7.12 Å². The van der Waals surface area contributed by atoms with Gasteiger partial charge in [0.1, 0.15) is 0 Å². The fraction of sp³-hybridized carbons (Fsp3) is 0.200. The van der Waals surface area contributed by atoms with Crippen LogP contribution in [0.2, 0.25) is 0 Å². The Hall–Kier alpha value is -1.58. The van der Waals surface area contributed by atoms with Crippen LogP contribution >= 0.6 is 0 Å². The molecule has 2 nitrogen and oxygen atoms in total. The van der Waals surface area contributed by atoms with Crippen LogP contribution in [0.4, 0.5) is 0 Å². The monoisotopic (exact) mass is 238 g/mol. The largest absolute Gasteiger partial charge is 0.489 e. The van der Waals surface area contributed by atoms with Gasteiger partial charge in [-0.15, -0.1) is 0 Å². The van der Waals surface area contributed by atoms with Crippen molar-refractivity contribution in [3.63, 3.8) is 0 Å². The Balaban J connectivity index is 2.45. The van der Waals surface area contributed by atoms with E-state index in [0.29, 0.717) is 5.46 Å². The molecule has 0 aromatic heterocycles. The van der Waals surface area contributed by atoms with Gasteiger partial charge in [0.05, 0.1) is 0 Å². The second-order valence-corrected chi connectivity index (χ2v) is 5.40. The molecule has 3 heteroatoms. The van der Waals surface area contributed by atoms with Crippen LogP contribution in [-0.4, -0.2) is 17.2 Å². The van der Waals surface area contributed by atoms with Gasteiger partial charge in [-0.1, -0.05) is 56.3 Å². The molecule has 0 heterocycles. The maximum atomic E-state index is 9.51. The van der Waals surface area contributed by atoms with Crippen LogP contribution in [0.3, 0.4) is 0 Å². The van der Waals surface area contributed by atoms with Crippen molar-refractivity contribution in [1.29, 1.82) is 0 Å². The highest BCUT2D eigenvalue weighted by Crippen LogP contribution is 2.39. The zero-order chi connectivity index (χ0) is 12.9. The Kier molecular flexibility index (Phi) is 2.37. The minimum atomic E-state index is -1.43. The van der Waals surface area contributed by atoms with Crippen molar-refractivity contribution < 1.29 is 10.0 Å². The Morgan fingerprint density at radius 3 is 2.39 bits per heavy atom. The molecule has 2 N–H and O–H groups in total. The Bertz CT molecular complexity index is 657. The lowest BCUT2D eigenvalue weighted by molar-refractivity contribution is 0.426. The molecule has 18 heavy (non-hydrogen) atoms. The third-order valence-electron chi connectivity index (χ3n) is 3.71. The zero-order valence-corrected chi connectivity index (χ0v) is 10.5. The van der Waals surface area contributed by atoms with Crippen molar-refractivity contribution in [2.75, 3.05) is 0 Å². The third kappa shape index (κ3) is 1.52. The smallest absolute Gasteiger partial charge is 0.423 e. The Morgan fingerprint density at radius 1 is 1.06 bits per heavy atom. The molecule has 0 aliphatic heterocycles. The van der Waals surface area contributed by atoms with E-state index in [9.17, 15) is 10.0 Å². The van der Waals surface area contributed by atoms with E-state index in [2.05, 4.69) is 32.1 Å². The van der Waals surface area contributed by atoms with Crippen molar-refractivity contribution in [2.45, 2.75) is 19.3 Å². The first-order valence-electron chi connectivity index (χ1n) is 6.12. The van der Waals surface area contributed by atoms with Crippen LogP contribution in [0.25, 0.3) is 16.8 Å². The summed E-state index contributed by atoms with van der Waals surface area (Å²) in [6, 6.07) is 9.79. The van der Waals surface area contributed by atoms with E-state index in [1.807, 2.05) is 24.3 Å². The van der Waals surface area contributed by atoms with E-state index in [1.165, 1.54) is 5.56 Å². The van der Waals surface area contributed by atoms with Gasteiger partial charge in [0.15, 0.2) is 0 Å². The molecule has 0 saturated carbocycles. The van der Waals surface area contributed by atoms with Gasteiger partial charge in [-0.2, -0.15) is 0 Å². The third-order valence-corrected chi connectivity index (χ3v) is 3.71. The van der Waals surface area contributed by atoms with Crippen LogP contribution in [0, 0.1) is 0 Å². The van der Waals surface area contributed by atoms with Gasteiger partial charge < -0.3 is 10.0 Å². The van der Waals surface area contributed by atoms with Crippen LogP contribution < -0.4 is 5.46 Å². The highest BCUT2D eigenvalue weighted by atomic mass is 16.4. The molecule has 0 atom stereocenters. The zero-order valence-electron chi connectivity index (χ0n) is 10.5. The molecule has 2 aromatic carbocycles. The second kappa shape index (κ2) is 3.71. The summed E-state index contributed by atoms with van der Waals surface area (Å²) in [6.07, 6.45) is 4.23. The number of allylic oxidation sites excluding steroid dienone is 1. The predicted molar refractivity (Wildman–Crippen MR) is 75.8 cm³/mol. The number of benzene rings is 2. The maximum Gasteiger partial charge on any atom is 0.489 e. The maximum absolute atomic E-state index is 9.51. The lowest BCUT2D eigenvalue weighted by Crippen LogP contribution is -2.31.